The number of anilines is 1. The van der Waals surface area contributed by atoms with Crippen LogP contribution in [-0.4, -0.2) is 10.9 Å². The second-order valence-electron chi connectivity index (χ2n) is 7.07. The lowest BCUT2D eigenvalue weighted by atomic mass is 10.0. The number of nitrogens with zero attached hydrogens (tertiary/aromatic N) is 1. The smallest absolute Gasteiger partial charge is 0.250 e. The van der Waals surface area contributed by atoms with Crippen molar-refractivity contribution in [3.8, 4) is 11.3 Å². The van der Waals surface area contributed by atoms with Gasteiger partial charge in [0.2, 0.25) is 5.91 Å². The molecule has 0 atom stereocenters. The average molecular weight is 377 g/mol. The lowest BCUT2D eigenvalue weighted by Crippen LogP contribution is -2.07. The molecule has 138 valence electrons. The van der Waals surface area contributed by atoms with Crippen molar-refractivity contribution in [2.75, 3.05) is 5.32 Å². The zero-order chi connectivity index (χ0) is 19.2. The maximum Gasteiger partial charge on any atom is 0.250 e. The van der Waals surface area contributed by atoms with E-state index in [1.54, 1.807) is 6.08 Å². The van der Waals surface area contributed by atoms with Crippen molar-refractivity contribution < 1.29 is 4.79 Å². The van der Waals surface area contributed by atoms with Gasteiger partial charge in [0, 0.05) is 17.0 Å². The predicted octanol–water partition coefficient (Wildman–Crippen LogP) is 5.97. The molecule has 0 spiro atoms. The number of nitrogens with one attached hydrogen (secondary N) is 1. The molecule has 1 N–H and O–H groups in total. The van der Waals surface area contributed by atoms with Gasteiger partial charge < -0.3 is 0 Å². The van der Waals surface area contributed by atoms with E-state index in [0.29, 0.717) is 11.0 Å². The Morgan fingerprint density at radius 2 is 1.81 bits per heavy atom. The van der Waals surface area contributed by atoms with Gasteiger partial charge in [-0.25, -0.2) is 4.98 Å². The summed E-state index contributed by atoms with van der Waals surface area (Å²) in [5, 5.41) is 5.41. The van der Waals surface area contributed by atoms with Gasteiger partial charge in [-0.2, -0.15) is 0 Å². The maximum absolute atomic E-state index is 12.1. The Balaban J connectivity index is 1.61. The highest BCUT2D eigenvalue weighted by Crippen LogP contribution is 2.25. The van der Waals surface area contributed by atoms with Crippen LogP contribution in [0.25, 0.3) is 17.3 Å². The molecular formula is C23H24N2OS. The topological polar surface area (TPSA) is 42.0 Å². The van der Waals surface area contributed by atoms with E-state index in [-0.39, 0.29) is 5.91 Å². The summed E-state index contributed by atoms with van der Waals surface area (Å²) < 4.78 is 0. The molecule has 1 amide bonds. The number of carbonyl (C=O) groups excluding carboxylic acids is 1. The van der Waals surface area contributed by atoms with Crippen LogP contribution in [0.1, 0.15) is 30.5 Å². The van der Waals surface area contributed by atoms with Crippen LogP contribution < -0.4 is 5.32 Å². The van der Waals surface area contributed by atoms with Gasteiger partial charge in [0.15, 0.2) is 5.13 Å². The van der Waals surface area contributed by atoms with E-state index < -0.39 is 0 Å². The van der Waals surface area contributed by atoms with Gasteiger partial charge >= 0.3 is 0 Å². The van der Waals surface area contributed by atoms with Crippen molar-refractivity contribution in [3.05, 3.63) is 76.7 Å². The van der Waals surface area contributed by atoms with Crippen LogP contribution in [0.15, 0.2) is 60.0 Å². The number of hydrogen-bond acceptors (Lipinski definition) is 3. The number of carbonyl (C=O) groups is 1. The summed E-state index contributed by atoms with van der Waals surface area (Å²) in [7, 11) is 0. The van der Waals surface area contributed by atoms with Gasteiger partial charge in [-0.3, -0.25) is 10.1 Å². The lowest BCUT2D eigenvalue weighted by Gasteiger charge is -2.05. The van der Waals surface area contributed by atoms with Crippen molar-refractivity contribution in [2.45, 2.75) is 27.2 Å². The third-order valence-corrected chi connectivity index (χ3v) is 4.89. The van der Waals surface area contributed by atoms with E-state index in [1.165, 1.54) is 28.5 Å². The SMILES string of the molecule is Cc1ccc(/C=C/C(=O)Nc2nc(-c3ccc(CC(C)C)cc3)cs2)cc1. The Morgan fingerprint density at radius 1 is 1.11 bits per heavy atom. The van der Waals surface area contributed by atoms with E-state index in [4.69, 9.17) is 0 Å². The van der Waals surface area contributed by atoms with E-state index in [0.717, 1.165) is 23.2 Å². The summed E-state index contributed by atoms with van der Waals surface area (Å²) in [6.07, 6.45) is 4.41. The molecule has 0 saturated carbocycles. The second-order valence-corrected chi connectivity index (χ2v) is 7.92. The highest BCUT2D eigenvalue weighted by atomic mass is 32.1. The van der Waals surface area contributed by atoms with Crippen LogP contribution in [0.4, 0.5) is 5.13 Å². The van der Waals surface area contributed by atoms with E-state index in [2.05, 4.69) is 48.4 Å². The van der Waals surface area contributed by atoms with Gasteiger partial charge in [-0.15, -0.1) is 11.3 Å². The number of rotatable bonds is 6. The fourth-order valence-electron chi connectivity index (χ4n) is 2.74. The van der Waals surface area contributed by atoms with Crippen molar-refractivity contribution in [3.63, 3.8) is 0 Å². The minimum atomic E-state index is -0.177. The number of benzene rings is 2. The fourth-order valence-corrected chi connectivity index (χ4v) is 3.47. The molecule has 0 unspecified atom stereocenters. The Labute approximate surface area is 164 Å². The molecule has 0 radical (unpaired) electrons. The van der Waals surface area contributed by atoms with Crippen molar-refractivity contribution >= 4 is 28.5 Å². The molecule has 2 aromatic carbocycles. The molecule has 0 fully saturated rings. The molecule has 4 heteroatoms. The molecule has 3 rings (SSSR count). The van der Waals surface area contributed by atoms with Gasteiger partial charge in [-0.1, -0.05) is 67.9 Å². The lowest BCUT2D eigenvalue weighted by molar-refractivity contribution is -0.111. The molecule has 0 aliphatic carbocycles. The normalized spacial score (nSPS) is 11.3. The van der Waals surface area contributed by atoms with E-state index >= 15 is 0 Å². The Kier molecular flexibility index (Phi) is 6.20. The van der Waals surface area contributed by atoms with Gasteiger partial charge in [0.05, 0.1) is 5.69 Å². The minimum Gasteiger partial charge on any atom is -0.298 e. The van der Waals surface area contributed by atoms with Crippen molar-refractivity contribution in [1.29, 1.82) is 0 Å². The van der Waals surface area contributed by atoms with E-state index in [1.807, 2.05) is 36.6 Å². The zero-order valence-corrected chi connectivity index (χ0v) is 16.7. The number of hydrogen-bond donors (Lipinski definition) is 1. The summed E-state index contributed by atoms with van der Waals surface area (Å²) in [6.45, 7) is 6.48. The summed E-state index contributed by atoms with van der Waals surface area (Å²) >= 11 is 1.43. The molecular weight excluding hydrogens is 352 g/mol. The van der Waals surface area contributed by atoms with Gasteiger partial charge in [0.25, 0.3) is 0 Å². The summed E-state index contributed by atoms with van der Waals surface area (Å²) in [5.74, 6) is 0.466. The molecule has 27 heavy (non-hydrogen) atoms. The molecule has 0 saturated heterocycles. The Bertz CT molecular complexity index is 922. The average Bonchev–Trinajstić information content (AvgIpc) is 3.10. The van der Waals surface area contributed by atoms with Gasteiger partial charge in [0.1, 0.15) is 0 Å². The highest BCUT2D eigenvalue weighted by molar-refractivity contribution is 7.14. The zero-order valence-electron chi connectivity index (χ0n) is 15.9. The first-order valence-corrected chi connectivity index (χ1v) is 9.98. The quantitative estimate of drug-likeness (QED) is 0.539. The Hall–Kier alpha value is -2.72. The number of aryl methyl sites for hydroxylation is 1. The fraction of sp³-hybridized carbons (Fsp3) is 0.217. The summed E-state index contributed by atoms with van der Waals surface area (Å²) in [5.41, 5.74) is 5.48. The third kappa shape index (κ3) is 5.63. The van der Waals surface area contributed by atoms with Crippen LogP contribution >= 0.6 is 11.3 Å². The summed E-state index contributed by atoms with van der Waals surface area (Å²) in [6, 6.07) is 16.5. The minimum absolute atomic E-state index is 0.177. The molecule has 0 bridgehead atoms. The third-order valence-electron chi connectivity index (χ3n) is 4.13. The molecule has 1 aromatic heterocycles. The second kappa shape index (κ2) is 8.78. The first kappa shape index (κ1) is 19.1. The van der Waals surface area contributed by atoms with E-state index in [9.17, 15) is 4.79 Å². The maximum atomic E-state index is 12.1. The van der Waals surface area contributed by atoms with Crippen LogP contribution in [0.5, 0.6) is 0 Å². The Morgan fingerprint density at radius 3 is 2.48 bits per heavy atom. The first-order chi connectivity index (χ1) is 13.0. The first-order valence-electron chi connectivity index (χ1n) is 9.10. The number of amides is 1. The largest absolute Gasteiger partial charge is 0.298 e. The van der Waals surface area contributed by atoms with Crippen molar-refractivity contribution in [2.24, 2.45) is 5.92 Å². The highest BCUT2D eigenvalue weighted by Gasteiger charge is 2.07. The van der Waals surface area contributed by atoms with Crippen LogP contribution in [-0.2, 0) is 11.2 Å². The van der Waals surface area contributed by atoms with Crippen molar-refractivity contribution in [1.82, 2.24) is 4.98 Å². The standard InChI is InChI=1S/C23H24N2OS/c1-16(2)14-19-8-11-20(12-9-19)21-15-27-23(24-21)25-22(26)13-10-18-6-4-17(3)5-7-18/h4-13,15-16H,14H2,1-3H3,(H,24,25,26)/b13-10+. The monoisotopic (exact) mass is 376 g/mol. The number of thiazole rings is 1. The molecule has 1 heterocycles. The molecule has 3 nitrogen and oxygen atoms in total. The number of aromatic nitrogens is 1. The predicted molar refractivity (Wildman–Crippen MR) is 115 cm³/mol. The van der Waals surface area contributed by atoms with Crippen LogP contribution in [0.3, 0.4) is 0 Å². The van der Waals surface area contributed by atoms with Gasteiger partial charge in [-0.05, 0) is 36.5 Å². The molecule has 0 aliphatic heterocycles. The van der Waals surface area contributed by atoms with Crippen LogP contribution in [0.2, 0.25) is 0 Å². The van der Waals surface area contributed by atoms with Crippen LogP contribution in [0, 0.1) is 12.8 Å². The summed E-state index contributed by atoms with van der Waals surface area (Å²) in [4.78, 5) is 16.6. The molecule has 0 aliphatic rings. The molecule has 3 aromatic rings.